The summed E-state index contributed by atoms with van der Waals surface area (Å²) in [6.07, 6.45) is 7.30. The van der Waals surface area contributed by atoms with Gasteiger partial charge in [0.1, 0.15) is 0 Å². The van der Waals surface area contributed by atoms with Crippen LogP contribution < -0.4 is 0 Å². The Labute approximate surface area is 127 Å². The van der Waals surface area contributed by atoms with Crippen molar-refractivity contribution in [2.24, 2.45) is 29.6 Å². The van der Waals surface area contributed by atoms with Gasteiger partial charge in [-0.2, -0.15) is 8.78 Å². The van der Waals surface area contributed by atoms with Crippen LogP contribution in [0.4, 0.5) is 8.78 Å². The molecule has 0 aromatic rings. The maximum absolute atomic E-state index is 14.0. The second-order valence-electron chi connectivity index (χ2n) is 7.60. The van der Waals surface area contributed by atoms with Crippen molar-refractivity contribution in [3.8, 4) is 0 Å². The summed E-state index contributed by atoms with van der Waals surface area (Å²) in [4.78, 5) is 0. The first-order chi connectivity index (χ1) is 10.0. The van der Waals surface area contributed by atoms with Crippen molar-refractivity contribution in [1.82, 2.24) is 0 Å². The van der Waals surface area contributed by atoms with E-state index in [0.717, 1.165) is 44.4 Å². The van der Waals surface area contributed by atoms with Crippen molar-refractivity contribution < 1.29 is 13.5 Å². The van der Waals surface area contributed by atoms with E-state index in [1.807, 2.05) is 6.08 Å². The zero-order chi connectivity index (χ0) is 15.0. The van der Waals surface area contributed by atoms with Crippen molar-refractivity contribution in [2.75, 3.05) is 0 Å². The molecule has 3 heteroatoms. The van der Waals surface area contributed by atoms with E-state index in [-0.39, 0.29) is 12.0 Å². The fourth-order valence-corrected chi connectivity index (χ4v) is 4.74. The van der Waals surface area contributed by atoms with Crippen LogP contribution in [0, 0.1) is 29.6 Å². The molecule has 0 bridgehead atoms. The van der Waals surface area contributed by atoms with Gasteiger partial charge in [0.15, 0.2) is 0 Å². The fourth-order valence-electron chi connectivity index (χ4n) is 4.74. The first kappa shape index (κ1) is 15.5. The highest BCUT2D eigenvalue weighted by molar-refractivity contribution is 4.98. The highest BCUT2D eigenvalue weighted by atomic mass is 19.3. The standard InChI is InChI=1S/C18H28F2O/c1-3-13-6-10-14(11-7-13)16-17(21-18(16,19)20)15-8-4-12(2)5-9-15/h3,12-17H,1,4-11H2,2H3/t12?,13-,14-,15?,16-,17-/m0/s1. The van der Waals surface area contributed by atoms with Gasteiger partial charge in [-0.3, -0.25) is 0 Å². The highest BCUT2D eigenvalue weighted by Gasteiger charge is 2.62. The van der Waals surface area contributed by atoms with Crippen LogP contribution in [0.1, 0.15) is 58.3 Å². The summed E-state index contributed by atoms with van der Waals surface area (Å²) in [7, 11) is 0. The average molecular weight is 298 g/mol. The van der Waals surface area contributed by atoms with E-state index in [1.165, 1.54) is 12.8 Å². The van der Waals surface area contributed by atoms with Gasteiger partial charge in [0.05, 0.1) is 12.0 Å². The topological polar surface area (TPSA) is 9.23 Å². The maximum atomic E-state index is 14.0. The summed E-state index contributed by atoms with van der Waals surface area (Å²) in [5.41, 5.74) is 0. The molecule has 3 aliphatic rings. The second kappa shape index (κ2) is 5.98. The van der Waals surface area contributed by atoms with E-state index in [9.17, 15) is 8.78 Å². The van der Waals surface area contributed by atoms with Gasteiger partial charge in [-0.15, -0.1) is 6.58 Å². The Morgan fingerprint density at radius 3 is 2.05 bits per heavy atom. The lowest BCUT2D eigenvalue weighted by atomic mass is 9.66. The van der Waals surface area contributed by atoms with Crippen molar-refractivity contribution in [1.29, 1.82) is 0 Å². The van der Waals surface area contributed by atoms with E-state index in [4.69, 9.17) is 4.74 Å². The minimum Gasteiger partial charge on any atom is -0.316 e. The summed E-state index contributed by atoms with van der Waals surface area (Å²) < 4.78 is 33.1. The Bertz CT molecular complexity index is 365. The molecule has 0 aromatic heterocycles. The molecule has 0 radical (unpaired) electrons. The summed E-state index contributed by atoms with van der Waals surface area (Å²) >= 11 is 0. The van der Waals surface area contributed by atoms with Gasteiger partial charge in [-0.25, -0.2) is 0 Å². The Balaban J connectivity index is 1.62. The lowest BCUT2D eigenvalue weighted by Crippen LogP contribution is -2.61. The maximum Gasteiger partial charge on any atom is 0.361 e. The lowest BCUT2D eigenvalue weighted by Gasteiger charge is -2.52. The van der Waals surface area contributed by atoms with E-state index >= 15 is 0 Å². The van der Waals surface area contributed by atoms with Crippen LogP contribution in [0.5, 0.6) is 0 Å². The molecule has 1 aliphatic heterocycles. The molecule has 0 amide bonds. The SMILES string of the molecule is C=C[C@H]1CC[C@H]([C@H]2[C@H](C3CCC(C)CC3)OC2(F)F)CC1. The quantitative estimate of drug-likeness (QED) is 0.633. The van der Waals surface area contributed by atoms with Crippen LogP contribution in [-0.4, -0.2) is 12.2 Å². The van der Waals surface area contributed by atoms with Crippen LogP contribution in [0.15, 0.2) is 12.7 Å². The third kappa shape index (κ3) is 3.04. The first-order valence-corrected chi connectivity index (χ1v) is 8.69. The van der Waals surface area contributed by atoms with E-state index < -0.39 is 12.0 Å². The van der Waals surface area contributed by atoms with Crippen LogP contribution in [0.25, 0.3) is 0 Å². The molecule has 0 aromatic carbocycles. The number of hydrogen-bond acceptors (Lipinski definition) is 1. The van der Waals surface area contributed by atoms with Gasteiger partial charge >= 0.3 is 6.11 Å². The van der Waals surface area contributed by atoms with E-state index in [2.05, 4.69) is 13.5 Å². The summed E-state index contributed by atoms with van der Waals surface area (Å²) in [5.74, 6) is 1.27. The number of alkyl halides is 2. The molecule has 1 heterocycles. The zero-order valence-corrected chi connectivity index (χ0v) is 13.1. The lowest BCUT2D eigenvalue weighted by molar-refractivity contribution is -0.418. The molecule has 2 saturated carbocycles. The van der Waals surface area contributed by atoms with Crippen LogP contribution in [0.2, 0.25) is 0 Å². The molecule has 3 fully saturated rings. The molecule has 21 heavy (non-hydrogen) atoms. The second-order valence-corrected chi connectivity index (χ2v) is 7.60. The number of ether oxygens (including phenoxy) is 1. The monoisotopic (exact) mass is 298 g/mol. The molecule has 0 spiro atoms. The van der Waals surface area contributed by atoms with Gasteiger partial charge in [0, 0.05) is 0 Å². The smallest absolute Gasteiger partial charge is 0.316 e. The summed E-state index contributed by atoms with van der Waals surface area (Å²) in [6.45, 7) is 6.10. The largest absolute Gasteiger partial charge is 0.361 e. The Morgan fingerprint density at radius 1 is 0.952 bits per heavy atom. The molecule has 0 unspecified atom stereocenters. The molecule has 2 aliphatic carbocycles. The first-order valence-electron chi connectivity index (χ1n) is 8.69. The number of allylic oxidation sites excluding steroid dienone is 1. The van der Waals surface area contributed by atoms with Gasteiger partial charge in [-0.05, 0) is 62.2 Å². The Kier molecular flexibility index (Phi) is 4.40. The average Bonchev–Trinajstić information content (AvgIpc) is 2.47. The summed E-state index contributed by atoms with van der Waals surface area (Å²) in [5, 5.41) is 0. The molecule has 120 valence electrons. The minimum atomic E-state index is -2.88. The van der Waals surface area contributed by atoms with Gasteiger partial charge in [-0.1, -0.05) is 25.8 Å². The molecular formula is C18H28F2O. The number of halogens is 2. The normalized spacial score (nSPS) is 46.6. The van der Waals surface area contributed by atoms with Crippen molar-refractivity contribution in [3.05, 3.63) is 12.7 Å². The van der Waals surface area contributed by atoms with E-state index in [0.29, 0.717) is 11.8 Å². The minimum absolute atomic E-state index is 0.147. The third-order valence-electron chi connectivity index (χ3n) is 6.22. The molecule has 1 nitrogen and oxygen atoms in total. The predicted molar refractivity (Wildman–Crippen MR) is 80.1 cm³/mol. The molecule has 2 atom stereocenters. The van der Waals surface area contributed by atoms with Gasteiger partial charge in [0.2, 0.25) is 0 Å². The molecule has 1 saturated heterocycles. The van der Waals surface area contributed by atoms with Gasteiger partial charge in [0.25, 0.3) is 0 Å². The number of rotatable bonds is 3. The Hall–Kier alpha value is -0.440. The highest BCUT2D eigenvalue weighted by Crippen LogP contribution is 2.54. The zero-order valence-electron chi connectivity index (χ0n) is 13.1. The van der Waals surface area contributed by atoms with Gasteiger partial charge < -0.3 is 4.74 Å². The molecular weight excluding hydrogens is 270 g/mol. The van der Waals surface area contributed by atoms with E-state index in [1.54, 1.807) is 0 Å². The van der Waals surface area contributed by atoms with Crippen molar-refractivity contribution in [2.45, 2.75) is 70.5 Å². The van der Waals surface area contributed by atoms with Crippen molar-refractivity contribution in [3.63, 3.8) is 0 Å². The van der Waals surface area contributed by atoms with Crippen LogP contribution in [-0.2, 0) is 4.74 Å². The summed E-state index contributed by atoms with van der Waals surface area (Å²) in [6, 6.07) is 0. The fraction of sp³-hybridized carbons (Fsp3) is 0.889. The van der Waals surface area contributed by atoms with Crippen molar-refractivity contribution >= 4 is 0 Å². The van der Waals surface area contributed by atoms with Crippen LogP contribution >= 0.6 is 0 Å². The molecule has 3 rings (SSSR count). The number of hydrogen-bond donors (Lipinski definition) is 0. The third-order valence-corrected chi connectivity index (χ3v) is 6.22. The molecule has 0 N–H and O–H groups in total. The predicted octanol–water partition coefficient (Wildman–Crippen LogP) is 5.41. The Morgan fingerprint density at radius 2 is 1.52 bits per heavy atom. The van der Waals surface area contributed by atoms with Crippen LogP contribution in [0.3, 0.4) is 0 Å².